The molecule has 1 fully saturated rings. The first-order valence-corrected chi connectivity index (χ1v) is 5.07. The second-order valence-corrected chi connectivity index (χ2v) is 3.54. The zero-order valence-electron chi connectivity index (χ0n) is 8.01. The van der Waals surface area contributed by atoms with Crippen molar-refractivity contribution in [3.63, 3.8) is 0 Å². The fraction of sp³-hybridized carbons (Fsp3) is 0.900. The predicted octanol–water partition coefficient (Wildman–Crippen LogP) is 1.84. The van der Waals surface area contributed by atoms with Crippen LogP contribution in [0.15, 0.2) is 0 Å². The molecule has 1 saturated heterocycles. The van der Waals surface area contributed by atoms with Crippen LogP contribution in [0, 0.1) is 0 Å². The van der Waals surface area contributed by atoms with Crippen LogP contribution in [0.5, 0.6) is 0 Å². The average molecular weight is 169 g/mol. The van der Waals surface area contributed by atoms with Gasteiger partial charge in [0, 0.05) is 19.4 Å². The Kier molecular flexibility index (Phi) is 4.30. The van der Waals surface area contributed by atoms with Crippen LogP contribution in [0.4, 0.5) is 0 Å². The highest BCUT2D eigenvalue weighted by atomic mass is 16.1. The number of carbonyl (C=O) groups excluding carboxylic acids is 1. The van der Waals surface area contributed by atoms with Crippen LogP contribution < -0.4 is 0 Å². The summed E-state index contributed by atoms with van der Waals surface area (Å²) in [6, 6.07) is 0. The van der Waals surface area contributed by atoms with Crippen LogP contribution in [-0.4, -0.2) is 30.3 Å². The fourth-order valence-electron chi connectivity index (χ4n) is 1.64. The molecule has 0 aromatic heterocycles. The molecule has 0 unspecified atom stereocenters. The number of hydrogen-bond acceptors (Lipinski definition) is 2. The summed E-state index contributed by atoms with van der Waals surface area (Å²) in [5.74, 6) is 0.403. The maximum Gasteiger partial charge on any atom is 0.133 e. The van der Waals surface area contributed by atoms with E-state index in [2.05, 4.69) is 4.90 Å². The number of Topliss-reactive ketones (excluding diaryl/α,β-unsaturated/α-hetero) is 1. The van der Waals surface area contributed by atoms with E-state index in [1.807, 2.05) is 6.92 Å². The Bertz CT molecular complexity index is 139. The Morgan fingerprint density at radius 2 is 1.92 bits per heavy atom. The van der Waals surface area contributed by atoms with Gasteiger partial charge in [0.2, 0.25) is 0 Å². The van der Waals surface area contributed by atoms with E-state index in [1.54, 1.807) is 0 Å². The Morgan fingerprint density at radius 3 is 2.50 bits per heavy atom. The number of likely N-dealkylation sites (tertiary alicyclic amines) is 1. The van der Waals surface area contributed by atoms with Crippen LogP contribution in [-0.2, 0) is 4.79 Å². The van der Waals surface area contributed by atoms with Gasteiger partial charge in [0.05, 0.1) is 0 Å². The van der Waals surface area contributed by atoms with E-state index in [1.165, 1.54) is 32.4 Å². The van der Waals surface area contributed by atoms with Gasteiger partial charge in [0.25, 0.3) is 0 Å². The molecule has 70 valence electrons. The molecule has 0 aromatic carbocycles. The van der Waals surface area contributed by atoms with Gasteiger partial charge in [-0.1, -0.05) is 13.3 Å². The highest BCUT2D eigenvalue weighted by Crippen LogP contribution is 2.08. The van der Waals surface area contributed by atoms with Gasteiger partial charge in [-0.2, -0.15) is 0 Å². The maximum atomic E-state index is 11.0. The smallest absolute Gasteiger partial charge is 0.133 e. The number of hydrogen-bond donors (Lipinski definition) is 0. The first-order valence-electron chi connectivity index (χ1n) is 5.07. The lowest BCUT2D eigenvalue weighted by atomic mass is 10.1. The summed E-state index contributed by atoms with van der Waals surface area (Å²) >= 11 is 0. The largest absolute Gasteiger partial charge is 0.303 e. The SMILES string of the molecule is CCC(=O)CCN1CCCCC1. The molecule has 12 heavy (non-hydrogen) atoms. The van der Waals surface area contributed by atoms with Crippen molar-refractivity contribution in [1.29, 1.82) is 0 Å². The van der Waals surface area contributed by atoms with Crippen LogP contribution in [0.2, 0.25) is 0 Å². The van der Waals surface area contributed by atoms with Crippen LogP contribution in [0.25, 0.3) is 0 Å². The van der Waals surface area contributed by atoms with Gasteiger partial charge < -0.3 is 4.90 Å². The summed E-state index contributed by atoms with van der Waals surface area (Å²) in [6.45, 7) is 5.35. The van der Waals surface area contributed by atoms with Gasteiger partial charge in [-0.15, -0.1) is 0 Å². The normalized spacial score (nSPS) is 19.4. The molecule has 1 rings (SSSR count). The van der Waals surface area contributed by atoms with Crippen molar-refractivity contribution in [2.75, 3.05) is 19.6 Å². The van der Waals surface area contributed by atoms with Crippen LogP contribution in [0.1, 0.15) is 39.0 Å². The molecule has 2 heteroatoms. The monoisotopic (exact) mass is 169 g/mol. The highest BCUT2D eigenvalue weighted by Gasteiger charge is 2.10. The second-order valence-electron chi connectivity index (χ2n) is 3.54. The molecule has 0 spiro atoms. The highest BCUT2D eigenvalue weighted by molar-refractivity contribution is 5.78. The van der Waals surface area contributed by atoms with Crippen molar-refractivity contribution < 1.29 is 4.79 Å². The van der Waals surface area contributed by atoms with E-state index in [0.717, 1.165) is 13.0 Å². The predicted molar refractivity (Wildman–Crippen MR) is 50.2 cm³/mol. The van der Waals surface area contributed by atoms with E-state index in [0.29, 0.717) is 12.2 Å². The van der Waals surface area contributed by atoms with Gasteiger partial charge in [-0.3, -0.25) is 4.79 Å². The first kappa shape index (κ1) is 9.72. The molecule has 0 saturated carbocycles. The number of carbonyl (C=O) groups is 1. The minimum Gasteiger partial charge on any atom is -0.303 e. The van der Waals surface area contributed by atoms with Crippen molar-refractivity contribution >= 4 is 5.78 Å². The summed E-state index contributed by atoms with van der Waals surface area (Å²) in [5, 5.41) is 0. The summed E-state index contributed by atoms with van der Waals surface area (Å²) in [5.41, 5.74) is 0. The van der Waals surface area contributed by atoms with Gasteiger partial charge in [-0.25, -0.2) is 0 Å². The number of piperidine rings is 1. The van der Waals surface area contributed by atoms with Crippen molar-refractivity contribution in [1.82, 2.24) is 4.90 Å². The van der Waals surface area contributed by atoms with Gasteiger partial charge in [0.15, 0.2) is 0 Å². The Morgan fingerprint density at radius 1 is 1.25 bits per heavy atom. The van der Waals surface area contributed by atoms with E-state index >= 15 is 0 Å². The Balaban J connectivity index is 2.09. The third-order valence-electron chi connectivity index (χ3n) is 2.55. The Labute approximate surface area is 74.9 Å². The average Bonchev–Trinajstić information content (AvgIpc) is 2.16. The van der Waals surface area contributed by atoms with Gasteiger partial charge >= 0.3 is 0 Å². The third-order valence-corrected chi connectivity index (χ3v) is 2.55. The molecular formula is C10H19NO. The number of nitrogens with zero attached hydrogens (tertiary/aromatic N) is 1. The second kappa shape index (κ2) is 5.31. The zero-order chi connectivity index (χ0) is 8.81. The van der Waals surface area contributed by atoms with E-state index in [4.69, 9.17) is 0 Å². The summed E-state index contributed by atoms with van der Waals surface area (Å²) in [6.07, 6.45) is 5.48. The fourth-order valence-corrected chi connectivity index (χ4v) is 1.64. The van der Waals surface area contributed by atoms with Crippen LogP contribution in [0.3, 0.4) is 0 Å². The topological polar surface area (TPSA) is 20.3 Å². The summed E-state index contributed by atoms with van der Waals surface area (Å²) in [7, 11) is 0. The molecule has 0 atom stereocenters. The van der Waals surface area contributed by atoms with Gasteiger partial charge in [0.1, 0.15) is 5.78 Å². The lowest BCUT2D eigenvalue weighted by Crippen LogP contribution is -2.31. The third kappa shape index (κ3) is 3.35. The quantitative estimate of drug-likeness (QED) is 0.640. The molecule has 2 nitrogen and oxygen atoms in total. The maximum absolute atomic E-state index is 11.0. The Hall–Kier alpha value is -0.370. The van der Waals surface area contributed by atoms with Gasteiger partial charge in [-0.05, 0) is 25.9 Å². The molecule has 0 aromatic rings. The molecule has 0 aliphatic carbocycles. The molecule has 0 bridgehead atoms. The molecule has 0 amide bonds. The van der Waals surface area contributed by atoms with Crippen molar-refractivity contribution in [2.45, 2.75) is 39.0 Å². The van der Waals surface area contributed by atoms with Crippen molar-refractivity contribution in [3.8, 4) is 0 Å². The summed E-state index contributed by atoms with van der Waals surface area (Å²) in [4.78, 5) is 13.4. The number of ketones is 1. The zero-order valence-corrected chi connectivity index (χ0v) is 8.01. The van der Waals surface area contributed by atoms with Crippen LogP contribution >= 0.6 is 0 Å². The summed E-state index contributed by atoms with van der Waals surface area (Å²) < 4.78 is 0. The number of rotatable bonds is 4. The molecule has 1 aliphatic heterocycles. The minimum atomic E-state index is 0.403. The van der Waals surface area contributed by atoms with Crippen molar-refractivity contribution in [3.05, 3.63) is 0 Å². The van der Waals surface area contributed by atoms with E-state index in [9.17, 15) is 4.79 Å². The molecule has 0 radical (unpaired) electrons. The first-order chi connectivity index (χ1) is 5.83. The lowest BCUT2D eigenvalue weighted by Gasteiger charge is -2.25. The van der Waals surface area contributed by atoms with E-state index in [-0.39, 0.29) is 0 Å². The minimum absolute atomic E-state index is 0.403. The standard InChI is InChI=1S/C10H19NO/c1-2-10(12)6-9-11-7-4-3-5-8-11/h2-9H2,1H3. The molecule has 0 N–H and O–H groups in total. The molecular weight excluding hydrogens is 150 g/mol. The lowest BCUT2D eigenvalue weighted by molar-refractivity contribution is -0.119. The molecule has 1 heterocycles. The van der Waals surface area contributed by atoms with E-state index < -0.39 is 0 Å². The molecule has 1 aliphatic rings. The van der Waals surface area contributed by atoms with Crippen molar-refractivity contribution in [2.24, 2.45) is 0 Å².